The monoisotopic (exact) mass is 597 g/mol. The quantitative estimate of drug-likeness (QED) is 0.330. The van der Waals surface area contributed by atoms with Crippen LogP contribution in [-0.2, 0) is 21.2 Å². The lowest BCUT2D eigenvalue weighted by molar-refractivity contribution is -0.192. The topological polar surface area (TPSA) is 127 Å². The lowest BCUT2D eigenvalue weighted by Gasteiger charge is -2.37. The maximum atomic E-state index is 14.1. The third kappa shape index (κ3) is 7.87. The Morgan fingerprint density at radius 3 is 2.02 bits per heavy atom. The van der Waals surface area contributed by atoms with Crippen molar-refractivity contribution in [2.45, 2.75) is 24.4 Å². The average Bonchev–Trinajstić information content (AvgIpc) is 2.93. The van der Waals surface area contributed by atoms with Gasteiger partial charge in [-0.25, -0.2) is 22.4 Å². The molecular formula is C27H27F4N3O6S. The predicted molar refractivity (Wildman–Crippen MR) is 145 cm³/mol. The molecule has 0 aliphatic carbocycles. The third-order valence-electron chi connectivity index (χ3n) is 6.20. The second-order valence-corrected chi connectivity index (χ2v) is 10.5. The minimum atomic E-state index is -5.08. The Balaban J connectivity index is 0.000000587. The molecule has 3 N–H and O–H groups in total. The second-order valence-electron chi connectivity index (χ2n) is 8.83. The van der Waals surface area contributed by atoms with Crippen LogP contribution in [0.2, 0.25) is 0 Å². The van der Waals surface area contributed by atoms with E-state index in [4.69, 9.17) is 9.90 Å². The van der Waals surface area contributed by atoms with Gasteiger partial charge in [0.15, 0.2) is 0 Å². The van der Waals surface area contributed by atoms with E-state index in [0.717, 1.165) is 0 Å². The maximum absolute atomic E-state index is 14.1. The molecule has 1 fully saturated rings. The molecule has 0 spiro atoms. The van der Waals surface area contributed by atoms with E-state index in [0.29, 0.717) is 49.5 Å². The molecule has 3 aromatic carbocycles. The molecule has 0 atom stereocenters. The molecule has 1 aliphatic rings. The Bertz CT molecular complexity index is 1510. The minimum absolute atomic E-state index is 0.00662. The van der Waals surface area contributed by atoms with Crippen LogP contribution in [0.25, 0.3) is 0 Å². The molecule has 0 saturated carbocycles. The van der Waals surface area contributed by atoms with Crippen molar-refractivity contribution >= 4 is 39.0 Å². The first-order valence-corrected chi connectivity index (χ1v) is 13.8. The van der Waals surface area contributed by atoms with Crippen molar-refractivity contribution in [2.75, 3.05) is 40.7 Å². The number of rotatable bonds is 7. The van der Waals surface area contributed by atoms with Gasteiger partial charge >= 0.3 is 18.1 Å². The van der Waals surface area contributed by atoms with Gasteiger partial charge in [-0.05, 0) is 48.4 Å². The first-order chi connectivity index (χ1) is 19.2. The number of carboxylic acid groups (broad SMARTS) is 2. The first kappa shape index (κ1) is 31.2. The summed E-state index contributed by atoms with van der Waals surface area (Å²) in [5.74, 6) is -4.26. The van der Waals surface area contributed by atoms with Crippen molar-refractivity contribution < 1.29 is 45.8 Å². The highest BCUT2D eigenvalue weighted by atomic mass is 32.2. The van der Waals surface area contributed by atoms with Crippen LogP contribution in [0.5, 0.6) is 0 Å². The number of piperazine rings is 1. The van der Waals surface area contributed by atoms with E-state index in [1.165, 1.54) is 24.3 Å². The minimum Gasteiger partial charge on any atom is -0.478 e. The van der Waals surface area contributed by atoms with Crippen LogP contribution < -0.4 is 14.5 Å². The Morgan fingerprint density at radius 1 is 0.902 bits per heavy atom. The Hall–Kier alpha value is -4.33. The van der Waals surface area contributed by atoms with Gasteiger partial charge in [-0.3, -0.25) is 4.72 Å². The molecule has 4 rings (SSSR count). The van der Waals surface area contributed by atoms with E-state index in [1.807, 2.05) is 16.7 Å². The van der Waals surface area contributed by atoms with E-state index >= 15 is 0 Å². The number of anilines is 3. The van der Waals surface area contributed by atoms with Crippen molar-refractivity contribution in [3.8, 4) is 0 Å². The number of carbonyl (C=O) groups is 2. The Labute approximate surface area is 233 Å². The molecule has 0 bridgehead atoms. The standard InChI is InChI=1S/C25H26FN3O4S.C2HF3O2/c1-2-18-7-3-6-10-24(18)34(32,33)27-22-12-11-19(17-20(22)25(30)31)28-13-15-29(16-14-28)23-9-5-4-8-21(23)26;3-2(4,5)1(6)7/h3-12,17,27H,2,13-16H2,1H3,(H,30,31);(H,6,7). The molecule has 0 unspecified atom stereocenters. The number of sulfonamides is 1. The van der Waals surface area contributed by atoms with Crippen LogP contribution in [0, 0.1) is 5.82 Å². The smallest absolute Gasteiger partial charge is 0.478 e. The number of halogens is 4. The summed E-state index contributed by atoms with van der Waals surface area (Å²) in [6, 6.07) is 17.9. The van der Waals surface area contributed by atoms with E-state index in [2.05, 4.69) is 4.72 Å². The number of aliphatic carboxylic acids is 1. The zero-order chi connectivity index (χ0) is 30.4. The van der Waals surface area contributed by atoms with Gasteiger partial charge in [0, 0.05) is 31.9 Å². The van der Waals surface area contributed by atoms with E-state index in [1.54, 1.807) is 42.5 Å². The summed E-state index contributed by atoms with van der Waals surface area (Å²) < 4.78 is 74.3. The predicted octanol–water partition coefficient (Wildman–Crippen LogP) is 4.85. The molecule has 1 aliphatic heterocycles. The van der Waals surface area contributed by atoms with E-state index in [-0.39, 0.29) is 22.0 Å². The number of aromatic carboxylic acids is 1. The average molecular weight is 598 g/mol. The number of hydrogen-bond donors (Lipinski definition) is 3. The van der Waals surface area contributed by atoms with Crippen molar-refractivity contribution in [2.24, 2.45) is 0 Å². The second kappa shape index (κ2) is 12.9. The summed E-state index contributed by atoms with van der Waals surface area (Å²) in [6.07, 6.45) is -4.55. The summed E-state index contributed by atoms with van der Waals surface area (Å²) >= 11 is 0. The zero-order valence-electron chi connectivity index (χ0n) is 21.7. The normalized spacial score (nSPS) is 13.7. The number of benzene rings is 3. The Kier molecular flexibility index (Phi) is 9.81. The molecule has 1 saturated heterocycles. The summed E-state index contributed by atoms with van der Waals surface area (Å²) in [4.78, 5) is 25.0. The number of nitrogens with one attached hydrogen (secondary N) is 1. The van der Waals surface area contributed by atoms with Crippen LogP contribution in [-0.4, -0.2) is 62.9 Å². The van der Waals surface area contributed by atoms with Crippen LogP contribution >= 0.6 is 0 Å². The number of carboxylic acids is 2. The van der Waals surface area contributed by atoms with Crippen LogP contribution in [0.3, 0.4) is 0 Å². The SMILES string of the molecule is CCc1ccccc1S(=O)(=O)Nc1ccc(N2CCN(c3ccccc3F)CC2)cc1C(=O)O.O=C(O)C(F)(F)F. The fourth-order valence-corrected chi connectivity index (χ4v) is 5.56. The number of hydrogen-bond acceptors (Lipinski definition) is 6. The highest BCUT2D eigenvalue weighted by Gasteiger charge is 2.38. The molecule has 220 valence electrons. The zero-order valence-corrected chi connectivity index (χ0v) is 22.5. The fourth-order valence-electron chi connectivity index (χ4n) is 4.17. The summed E-state index contributed by atoms with van der Waals surface area (Å²) in [5, 5.41) is 16.9. The number of nitrogens with zero attached hydrogens (tertiary/aromatic N) is 2. The number of aryl methyl sites for hydroxylation is 1. The van der Waals surface area contributed by atoms with Gasteiger partial charge < -0.3 is 20.0 Å². The van der Waals surface area contributed by atoms with Crippen molar-refractivity contribution in [3.63, 3.8) is 0 Å². The Morgan fingerprint density at radius 2 is 1.46 bits per heavy atom. The molecule has 1 heterocycles. The molecule has 41 heavy (non-hydrogen) atoms. The van der Waals surface area contributed by atoms with Gasteiger partial charge in [0.2, 0.25) is 0 Å². The molecule has 14 heteroatoms. The lowest BCUT2D eigenvalue weighted by Crippen LogP contribution is -2.46. The molecule has 3 aromatic rings. The van der Waals surface area contributed by atoms with Crippen LogP contribution in [0.4, 0.5) is 34.6 Å². The van der Waals surface area contributed by atoms with Gasteiger partial charge in [-0.15, -0.1) is 0 Å². The first-order valence-electron chi connectivity index (χ1n) is 12.3. The molecular weight excluding hydrogens is 570 g/mol. The van der Waals surface area contributed by atoms with Gasteiger partial charge in [-0.2, -0.15) is 13.2 Å². The molecule has 0 amide bonds. The largest absolute Gasteiger partial charge is 0.490 e. The van der Waals surface area contributed by atoms with E-state index in [9.17, 15) is 35.9 Å². The molecule has 9 nitrogen and oxygen atoms in total. The molecule has 0 radical (unpaired) electrons. The van der Waals surface area contributed by atoms with Crippen LogP contribution in [0.1, 0.15) is 22.8 Å². The van der Waals surface area contributed by atoms with E-state index < -0.39 is 28.1 Å². The summed E-state index contributed by atoms with van der Waals surface area (Å²) in [6.45, 7) is 4.15. The lowest BCUT2D eigenvalue weighted by atomic mass is 10.1. The highest BCUT2D eigenvalue weighted by molar-refractivity contribution is 7.92. The number of alkyl halides is 3. The maximum Gasteiger partial charge on any atom is 0.490 e. The highest BCUT2D eigenvalue weighted by Crippen LogP contribution is 2.29. The van der Waals surface area contributed by atoms with Gasteiger partial charge in [-0.1, -0.05) is 37.3 Å². The van der Waals surface area contributed by atoms with Gasteiger partial charge in [0.1, 0.15) is 5.82 Å². The van der Waals surface area contributed by atoms with Crippen LogP contribution in [0.15, 0.2) is 71.6 Å². The number of para-hydroxylation sites is 1. The molecule has 0 aromatic heterocycles. The van der Waals surface area contributed by atoms with Gasteiger partial charge in [0.05, 0.1) is 21.8 Å². The van der Waals surface area contributed by atoms with Crippen molar-refractivity contribution in [3.05, 3.63) is 83.7 Å². The van der Waals surface area contributed by atoms with Gasteiger partial charge in [0.25, 0.3) is 10.0 Å². The summed E-state index contributed by atoms with van der Waals surface area (Å²) in [5.41, 5.74) is 1.74. The van der Waals surface area contributed by atoms with Crippen molar-refractivity contribution in [1.82, 2.24) is 0 Å². The summed E-state index contributed by atoms with van der Waals surface area (Å²) in [7, 11) is -3.96. The third-order valence-corrected chi connectivity index (χ3v) is 7.67. The fraction of sp³-hybridized carbons (Fsp3) is 0.259. The van der Waals surface area contributed by atoms with Crippen molar-refractivity contribution in [1.29, 1.82) is 0 Å².